The van der Waals surface area contributed by atoms with Crippen LogP contribution in [0.5, 0.6) is 5.75 Å². The Morgan fingerprint density at radius 2 is 2.39 bits per heavy atom. The number of hydrogen-bond acceptors (Lipinski definition) is 4. The molecule has 1 saturated heterocycles. The van der Waals surface area contributed by atoms with Crippen LogP contribution < -0.4 is 15.4 Å². The van der Waals surface area contributed by atoms with Crippen molar-refractivity contribution in [3.05, 3.63) is 30.0 Å². The molecule has 0 aliphatic carbocycles. The quantitative estimate of drug-likeness (QED) is 0.859. The third-order valence-corrected chi connectivity index (χ3v) is 4.23. The molecule has 2 unspecified atom stereocenters. The zero-order valence-electron chi connectivity index (χ0n) is 13.7. The molecule has 5 nitrogen and oxygen atoms in total. The van der Waals surface area contributed by atoms with E-state index in [0.29, 0.717) is 19.1 Å². The summed E-state index contributed by atoms with van der Waals surface area (Å²) in [6.45, 7) is 5.49. The summed E-state index contributed by atoms with van der Waals surface area (Å²) in [4.78, 5) is 12.1. The van der Waals surface area contributed by atoms with E-state index in [4.69, 9.17) is 9.15 Å². The van der Waals surface area contributed by atoms with E-state index >= 15 is 0 Å². The lowest BCUT2D eigenvalue weighted by Crippen LogP contribution is -2.33. The molecule has 1 fully saturated rings. The van der Waals surface area contributed by atoms with Gasteiger partial charge in [-0.3, -0.25) is 4.79 Å². The Morgan fingerprint density at radius 1 is 1.52 bits per heavy atom. The van der Waals surface area contributed by atoms with Gasteiger partial charge >= 0.3 is 0 Å². The number of hydrogen-bond donors (Lipinski definition) is 2. The maximum Gasteiger partial charge on any atom is 0.222 e. The molecule has 0 bridgehead atoms. The van der Waals surface area contributed by atoms with E-state index in [-0.39, 0.29) is 11.9 Å². The summed E-state index contributed by atoms with van der Waals surface area (Å²) < 4.78 is 11.5. The first-order chi connectivity index (χ1) is 11.2. The first kappa shape index (κ1) is 15.9. The molecule has 2 heterocycles. The summed E-state index contributed by atoms with van der Waals surface area (Å²) in [6.07, 6.45) is 2.75. The van der Waals surface area contributed by atoms with Crippen LogP contribution in [0, 0.1) is 0 Å². The molecule has 0 saturated carbocycles. The molecule has 2 atom stereocenters. The Morgan fingerprint density at radius 3 is 3.13 bits per heavy atom. The van der Waals surface area contributed by atoms with E-state index < -0.39 is 0 Å². The van der Waals surface area contributed by atoms with E-state index in [0.717, 1.165) is 41.9 Å². The maximum atomic E-state index is 12.1. The van der Waals surface area contributed by atoms with Gasteiger partial charge in [-0.15, -0.1) is 0 Å². The summed E-state index contributed by atoms with van der Waals surface area (Å²) in [6, 6.07) is 7.95. The Kier molecular flexibility index (Phi) is 4.86. The van der Waals surface area contributed by atoms with Gasteiger partial charge in [-0.05, 0) is 45.4 Å². The Balaban J connectivity index is 1.69. The van der Waals surface area contributed by atoms with Gasteiger partial charge in [0.15, 0.2) is 11.3 Å². The van der Waals surface area contributed by atoms with Gasteiger partial charge in [-0.1, -0.05) is 12.1 Å². The second-order valence-electron chi connectivity index (χ2n) is 6.04. The average molecular weight is 316 g/mol. The molecular formula is C18H24N2O3. The highest BCUT2D eigenvalue weighted by Crippen LogP contribution is 2.31. The van der Waals surface area contributed by atoms with Gasteiger partial charge in [0.25, 0.3) is 0 Å². The van der Waals surface area contributed by atoms with Crippen molar-refractivity contribution >= 4 is 16.9 Å². The SMILES string of the molecule is CCOc1cccc2cc(C(C)NC(=O)CC3CCCN3)oc12. The largest absolute Gasteiger partial charge is 0.490 e. The molecule has 2 aromatic rings. The highest BCUT2D eigenvalue weighted by atomic mass is 16.5. The Hall–Kier alpha value is -2.01. The number of rotatable bonds is 6. The van der Waals surface area contributed by atoms with Crippen molar-refractivity contribution in [3.8, 4) is 5.75 Å². The van der Waals surface area contributed by atoms with Crippen LogP contribution in [-0.2, 0) is 4.79 Å². The highest BCUT2D eigenvalue weighted by Gasteiger charge is 2.20. The van der Waals surface area contributed by atoms with Crippen LogP contribution in [0.4, 0.5) is 0 Å². The first-order valence-electron chi connectivity index (χ1n) is 8.35. The fraction of sp³-hybridized carbons (Fsp3) is 0.500. The lowest BCUT2D eigenvalue weighted by atomic mass is 10.1. The summed E-state index contributed by atoms with van der Waals surface area (Å²) >= 11 is 0. The minimum Gasteiger partial charge on any atom is -0.490 e. The van der Waals surface area contributed by atoms with E-state index in [2.05, 4.69) is 10.6 Å². The van der Waals surface area contributed by atoms with Crippen LogP contribution in [0.15, 0.2) is 28.7 Å². The van der Waals surface area contributed by atoms with Crippen LogP contribution in [0.1, 0.15) is 44.9 Å². The number of para-hydroxylation sites is 1. The molecular weight excluding hydrogens is 292 g/mol. The zero-order chi connectivity index (χ0) is 16.2. The molecule has 1 aliphatic rings. The number of ether oxygens (including phenoxy) is 1. The molecule has 1 aromatic heterocycles. The van der Waals surface area contributed by atoms with Crippen molar-refractivity contribution in [1.82, 2.24) is 10.6 Å². The number of amides is 1. The predicted octanol–water partition coefficient (Wildman–Crippen LogP) is 3.15. The summed E-state index contributed by atoms with van der Waals surface area (Å²) in [5.74, 6) is 1.55. The average Bonchev–Trinajstić information content (AvgIpc) is 3.16. The number of carbonyl (C=O) groups is 1. The van der Waals surface area contributed by atoms with Crippen LogP contribution >= 0.6 is 0 Å². The van der Waals surface area contributed by atoms with Gasteiger partial charge in [-0.25, -0.2) is 0 Å². The number of nitrogens with one attached hydrogen (secondary N) is 2. The molecule has 1 aromatic carbocycles. The molecule has 3 rings (SSSR count). The first-order valence-corrected chi connectivity index (χ1v) is 8.35. The lowest BCUT2D eigenvalue weighted by molar-refractivity contribution is -0.122. The van der Waals surface area contributed by atoms with Crippen molar-refractivity contribution in [2.75, 3.05) is 13.2 Å². The Bertz CT molecular complexity index is 674. The number of benzene rings is 1. The molecule has 23 heavy (non-hydrogen) atoms. The number of carbonyl (C=O) groups excluding carboxylic acids is 1. The molecule has 0 spiro atoms. The van der Waals surface area contributed by atoms with Crippen molar-refractivity contribution in [2.45, 2.75) is 45.2 Å². The third-order valence-electron chi connectivity index (χ3n) is 4.23. The van der Waals surface area contributed by atoms with Gasteiger partial charge in [0.1, 0.15) is 5.76 Å². The molecule has 0 radical (unpaired) electrons. The predicted molar refractivity (Wildman–Crippen MR) is 89.6 cm³/mol. The van der Waals surface area contributed by atoms with Crippen molar-refractivity contribution in [3.63, 3.8) is 0 Å². The standard InChI is InChI=1S/C18H24N2O3/c1-3-22-15-8-4-6-13-10-16(23-18(13)15)12(2)20-17(21)11-14-7-5-9-19-14/h4,6,8,10,12,14,19H,3,5,7,9,11H2,1-2H3,(H,20,21). The van der Waals surface area contributed by atoms with Gasteiger partial charge < -0.3 is 19.8 Å². The summed E-state index contributed by atoms with van der Waals surface area (Å²) in [5, 5.41) is 7.35. The van der Waals surface area contributed by atoms with E-state index in [1.165, 1.54) is 0 Å². The van der Waals surface area contributed by atoms with Gasteiger partial charge in [0.05, 0.1) is 12.6 Å². The van der Waals surface area contributed by atoms with Crippen molar-refractivity contribution in [2.24, 2.45) is 0 Å². The van der Waals surface area contributed by atoms with Gasteiger partial charge in [0, 0.05) is 17.8 Å². The number of furan rings is 1. The van der Waals surface area contributed by atoms with Crippen LogP contribution in [0.25, 0.3) is 11.0 Å². The van der Waals surface area contributed by atoms with Crippen LogP contribution in [0.3, 0.4) is 0 Å². The lowest BCUT2D eigenvalue weighted by Gasteiger charge is -2.14. The van der Waals surface area contributed by atoms with E-state index in [9.17, 15) is 4.79 Å². The van der Waals surface area contributed by atoms with Crippen molar-refractivity contribution in [1.29, 1.82) is 0 Å². The maximum absolute atomic E-state index is 12.1. The summed E-state index contributed by atoms with van der Waals surface area (Å²) in [5.41, 5.74) is 0.739. The smallest absolute Gasteiger partial charge is 0.222 e. The second-order valence-corrected chi connectivity index (χ2v) is 6.04. The number of fused-ring (bicyclic) bond motifs is 1. The third kappa shape index (κ3) is 3.67. The van der Waals surface area contributed by atoms with Gasteiger partial charge in [-0.2, -0.15) is 0 Å². The van der Waals surface area contributed by atoms with Gasteiger partial charge in [0.2, 0.25) is 5.91 Å². The van der Waals surface area contributed by atoms with Crippen LogP contribution in [-0.4, -0.2) is 25.1 Å². The van der Waals surface area contributed by atoms with Crippen molar-refractivity contribution < 1.29 is 13.9 Å². The second kappa shape index (κ2) is 7.04. The fourth-order valence-corrected chi connectivity index (χ4v) is 3.07. The molecule has 5 heteroatoms. The molecule has 124 valence electrons. The Labute approximate surface area is 136 Å². The van der Waals surface area contributed by atoms with E-state index in [1.54, 1.807) is 0 Å². The topological polar surface area (TPSA) is 63.5 Å². The minimum absolute atomic E-state index is 0.0578. The minimum atomic E-state index is -0.161. The summed E-state index contributed by atoms with van der Waals surface area (Å²) in [7, 11) is 0. The molecule has 1 aliphatic heterocycles. The monoisotopic (exact) mass is 316 g/mol. The zero-order valence-corrected chi connectivity index (χ0v) is 13.7. The van der Waals surface area contributed by atoms with Crippen LogP contribution in [0.2, 0.25) is 0 Å². The highest BCUT2D eigenvalue weighted by molar-refractivity contribution is 5.84. The molecule has 2 N–H and O–H groups in total. The van der Waals surface area contributed by atoms with E-state index in [1.807, 2.05) is 38.1 Å². The fourth-order valence-electron chi connectivity index (χ4n) is 3.07. The normalized spacial score (nSPS) is 19.0. The molecule has 1 amide bonds.